The first-order valence-electron chi connectivity index (χ1n) is 8.07. The van der Waals surface area contributed by atoms with Crippen LogP contribution in [0.2, 0.25) is 0 Å². The van der Waals surface area contributed by atoms with Crippen LogP contribution in [0.25, 0.3) is 0 Å². The molecule has 2 aromatic carbocycles. The molecule has 1 heterocycles. The van der Waals surface area contributed by atoms with E-state index in [0.717, 1.165) is 10.6 Å². The van der Waals surface area contributed by atoms with Crippen LogP contribution in [0.15, 0.2) is 53.4 Å². The van der Waals surface area contributed by atoms with Gasteiger partial charge in [0.05, 0.1) is 22.6 Å². The molecule has 0 spiro atoms. The van der Waals surface area contributed by atoms with Crippen molar-refractivity contribution >= 4 is 46.9 Å². The van der Waals surface area contributed by atoms with Gasteiger partial charge in [-0.25, -0.2) is 0 Å². The molecule has 0 aromatic heterocycles. The van der Waals surface area contributed by atoms with Crippen molar-refractivity contribution in [3.05, 3.63) is 59.7 Å². The minimum Gasteiger partial charge on any atom is -0.324 e. The predicted molar refractivity (Wildman–Crippen MR) is 106 cm³/mol. The summed E-state index contributed by atoms with van der Waals surface area (Å²) in [6, 6.07) is 14.5. The molecule has 1 N–H and O–H groups in total. The van der Waals surface area contributed by atoms with E-state index in [2.05, 4.69) is 5.32 Å². The lowest BCUT2D eigenvalue weighted by Crippen LogP contribution is -2.32. The van der Waals surface area contributed by atoms with Crippen LogP contribution >= 0.6 is 23.5 Å². The third-order valence-electron chi connectivity index (χ3n) is 3.95. The highest BCUT2D eigenvalue weighted by atomic mass is 32.2. The summed E-state index contributed by atoms with van der Waals surface area (Å²) in [4.78, 5) is 38.9. The number of hydrogen-bond donors (Lipinski definition) is 1. The van der Waals surface area contributed by atoms with Crippen molar-refractivity contribution in [2.75, 3.05) is 29.6 Å². The summed E-state index contributed by atoms with van der Waals surface area (Å²) >= 11 is 2.97. The summed E-state index contributed by atoms with van der Waals surface area (Å²) in [6.45, 7) is 0.297. The van der Waals surface area contributed by atoms with Crippen LogP contribution in [-0.2, 0) is 4.79 Å². The fraction of sp³-hybridized carbons (Fsp3) is 0.211. The number of imide groups is 1. The summed E-state index contributed by atoms with van der Waals surface area (Å²) in [5, 5.41) is 2.89. The first-order chi connectivity index (χ1) is 12.6. The fourth-order valence-electron chi connectivity index (χ4n) is 2.70. The maximum atomic E-state index is 12.3. The number of carbonyl (C=O) groups excluding carboxylic acids is 3. The molecule has 134 valence electrons. The molecule has 0 fully saturated rings. The molecule has 3 amide bonds. The predicted octanol–water partition coefficient (Wildman–Crippen LogP) is 3.38. The van der Waals surface area contributed by atoms with Crippen molar-refractivity contribution in [2.24, 2.45) is 0 Å². The van der Waals surface area contributed by atoms with Crippen LogP contribution in [0.1, 0.15) is 20.7 Å². The number of benzene rings is 2. The zero-order valence-corrected chi connectivity index (χ0v) is 15.9. The Balaban J connectivity index is 1.47. The van der Waals surface area contributed by atoms with Crippen molar-refractivity contribution in [1.29, 1.82) is 0 Å². The summed E-state index contributed by atoms with van der Waals surface area (Å²) in [6.07, 6.45) is 1.96. The fourth-order valence-corrected chi connectivity index (χ4v) is 3.96. The van der Waals surface area contributed by atoms with Crippen LogP contribution in [0, 0.1) is 0 Å². The van der Waals surface area contributed by atoms with E-state index in [1.165, 1.54) is 16.7 Å². The molecule has 26 heavy (non-hydrogen) atoms. The lowest BCUT2D eigenvalue weighted by atomic mass is 10.1. The molecule has 1 aliphatic rings. The Morgan fingerprint density at radius 2 is 1.62 bits per heavy atom. The number of fused-ring (bicyclic) bond motifs is 1. The number of hydrogen-bond acceptors (Lipinski definition) is 5. The molecule has 0 radical (unpaired) electrons. The van der Waals surface area contributed by atoms with Gasteiger partial charge in [-0.1, -0.05) is 24.3 Å². The zero-order valence-electron chi connectivity index (χ0n) is 14.2. The SMILES string of the molecule is CSc1ccccc1NC(=O)CSCCN1C(=O)c2ccccc2C1=O. The van der Waals surface area contributed by atoms with Crippen molar-refractivity contribution in [2.45, 2.75) is 4.90 Å². The van der Waals surface area contributed by atoms with Crippen LogP contribution < -0.4 is 5.32 Å². The highest BCUT2D eigenvalue weighted by Gasteiger charge is 2.34. The number of amides is 3. The van der Waals surface area contributed by atoms with E-state index in [-0.39, 0.29) is 23.5 Å². The van der Waals surface area contributed by atoms with Gasteiger partial charge in [0, 0.05) is 17.2 Å². The van der Waals surface area contributed by atoms with E-state index in [1.54, 1.807) is 36.0 Å². The maximum absolute atomic E-state index is 12.3. The van der Waals surface area contributed by atoms with Crippen LogP contribution in [0.3, 0.4) is 0 Å². The average Bonchev–Trinajstić information content (AvgIpc) is 2.90. The van der Waals surface area contributed by atoms with Gasteiger partial charge in [0.1, 0.15) is 0 Å². The Labute approximate surface area is 160 Å². The third kappa shape index (κ3) is 3.94. The van der Waals surface area contributed by atoms with Gasteiger partial charge < -0.3 is 5.32 Å². The first-order valence-corrected chi connectivity index (χ1v) is 10.5. The molecule has 0 saturated heterocycles. The molecular weight excluding hydrogens is 368 g/mol. The van der Waals surface area contributed by atoms with E-state index < -0.39 is 0 Å². The van der Waals surface area contributed by atoms with E-state index >= 15 is 0 Å². The van der Waals surface area contributed by atoms with Gasteiger partial charge in [0.25, 0.3) is 11.8 Å². The van der Waals surface area contributed by atoms with Gasteiger partial charge in [-0.3, -0.25) is 19.3 Å². The molecule has 0 unspecified atom stereocenters. The molecular formula is C19H18N2O3S2. The lowest BCUT2D eigenvalue weighted by Gasteiger charge is -2.13. The molecule has 0 atom stereocenters. The molecule has 0 bridgehead atoms. The van der Waals surface area contributed by atoms with Gasteiger partial charge in [-0.2, -0.15) is 11.8 Å². The highest BCUT2D eigenvalue weighted by Crippen LogP contribution is 2.25. The zero-order chi connectivity index (χ0) is 18.5. The van der Waals surface area contributed by atoms with E-state index in [4.69, 9.17) is 0 Å². The number of para-hydroxylation sites is 1. The molecule has 2 aromatic rings. The maximum Gasteiger partial charge on any atom is 0.261 e. The van der Waals surface area contributed by atoms with Crippen LogP contribution in [0.4, 0.5) is 5.69 Å². The summed E-state index contributed by atoms with van der Waals surface area (Å²) in [7, 11) is 0. The topological polar surface area (TPSA) is 66.5 Å². The summed E-state index contributed by atoms with van der Waals surface area (Å²) in [5.74, 6) is 0.169. The quantitative estimate of drug-likeness (QED) is 0.449. The smallest absolute Gasteiger partial charge is 0.261 e. The Morgan fingerprint density at radius 1 is 1.00 bits per heavy atom. The molecule has 3 rings (SSSR count). The molecule has 0 saturated carbocycles. The van der Waals surface area contributed by atoms with Gasteiger partial charge in [0.2, 0.25) is 5.91 Å². The second-order valence-corrected chi connectivity index (χ2v) is 7.56. The Hall–Kier alpha value is -2.25. The molecule has 7 heteroatoms. The number of nitrogens with one attached hydrogen (secondary N) is 1. The van der Waals surface area contributed by atoms with E-state index in [9.17, 15) is 14.4 Å². The Morgan fingerprint density at radius 3 is 2.27 bits per heavy atom. The largest absolute Gasteiger partial charge is 0.324 e. The molecule has 1 aliphatic heterocycles. The van der Waals surface area contributed by atoms with Crippen molar-refractivity contribution < 1.29 is 14.4 Å². The van der Waals surface area contributed by atoms with Gasteiger partial charge in [0.15, 0.2) is 0 Å². The standard InChI is InChI=1S/C19H18N2O3S2/c1-25-16-9-5-4-8-15(16)20-17(22)12-26-11-10-21-18(23)13-6-2-3-7-14(13)19(21)24/h2-9H,10-12H2,1H3,(H,20,22). The second-order valence-electron chi connectivity index (χ2n) is 5.61. The minimum atomic E-state index is -0.260. The number of thioether (sulfide) groups is 2. The van der Waals surface area contributed by atoms with Gasteiger partial charge in [-0.15, -0.1) is 11.8 Å². The summed E-state index contributed by atoms with van der Waals surface area (Å²) in [5.41, 5.74) is 1.70. The van der Waals surface area contributed by atoms with Crippen LogP contribution in [0.5, 0.6) is 0 Å². The Bertz CT molecular complexity index is 819. The number of nitrogens with zero attached hydrogens (tertiary/aromatic N) is 1. The van der Waals surface area contributed by atoms with Crippen molar-refractivity contribution in [1.82, 2.24) is 4.90 Å². The van der Waals surface area contributed by atoms with Crippen molar-refractivity contribution in [3.63, 3.8) is 0 Å². The highest BCUT2D eigenvalue weighted by molar-refractivity contribution is 8.00. The van der Waals surface area contributed by atoms with Gasteiger partial charge >= 0.3 is 0 Å². The number of carbonyl (C=O) groups is 3. The third-order valence-corrected chi connectivity index (χ3v) is 5.69. The van der Waals surface area contributed by atoms with Crippen molar-refractivity contribution in [3.8, 4) is 0 Å². The monoisotopic (exact) mass is 386 g/mol. The normalized spacial score (nSPS) is 13.0. The number of rotatable bonds is 7. The van der Waals surface area contributed by atoms with Crippen LogP contribution in [-0.4, -0.2) is 46.9 Å². The van der Waals surface area contributed by atoms with E-state index in [0.29, 0.717) is 23.4 Å². The first kappa shape index (κ1) is 18.5. The minimum absolute atomic E-state index is 0.0983. The lowest BCUT2D eigenvalue weighted by molar-refractivity contribution is -0.113. The molecule has 0 aliphatic carbocycles. The van der Waals surface area contributed by atoms with Gasteiger partial charge in [-0.05, 0) is 30.5 Å². The second kappa shape index (κ2) is 8.42. The molecule has 5 nitrogen and oxygen atoms in total. The summed E-state index contributed by atoms with van der Waals surface area (Å²) < 4.78 is 0. The number of anilines is 1. The Kier molecular flexibility index (Phi) is 6.00. The average molecular weight is 386 g/mol. The van der Waals surface area contributed by atoms with E-state index in [1.807, 2.05) is 30.5 Å².